The minimum Gasteiger partial charge on any atom is -0.395 e. The molecule has 1 aliphatic heterocycles. The molecule has 1 saturated heterocycles. The number of amides is 1. The summed E-state index contributed by atoms with van der Waals surface area (Å²) in [5.74, 6) is 0.106. The van der Waals surface area contributed by atoms with Crippen LogP contribution in [0.15, 0.2) is 66.1 Å². The molecular formula is C28H27N9O3. The van der Waals surface area contributed by atoms with Gasteiger partial charge in [-0.15, -0.1) is 0 Å². The molecule has 12 heteroatoms. The molecule has 4 aromatic rings. The number of carbonyl (C=O) groups is 1. The standard InChI is InChI=1S/C28H27N9O3/c1-2-24(39)31-20-5-3-4-18(14-20)25-33-26-22(27(40)34-25)17-30-28(35-26)32-23-7-6-21(15-19(23)16-29)37-10-8-36(9-11-37)12-13-38/h2-7,14-15,17,38H,1,8-13H2,(H,31,39)(H2,30,32,33,34,35,40). The first kappa shape index (κ1) is 26.5. The van der Waals surface area contributed by atoms with Crippen molar-refractivity contribution in [1.29, 1.82) is 5.26 Å². The lowest BCUT2D eigenvalue weighted by Crippen LogP contribution is -2.47. The van der Waals surface area contributed by atoms with Crippen LogP contribution in [0.5, 0.6) is 0 Å². The van der Waals surface area contributed by atoms with Crippen LogP contribution in [-0.4, -0.2) is 75.2 Å². The van der Waals surface area contributed by atoms with Crippen LogP contribution in [0.3, 0.4) is 0 Å². The highest BCUT2D eigenvalue weighted by molar-refractivity contribution is 5.99. The second-order valence-corrected chi connectivity index (χ2v) is 9.14. The third-order valence-electron chi connectivity index (χ3n) is 6.58. The lowest BCUT2D eigenvalue weighted by atomic mass is 10.1. The number of aromatic nitrogens is 4. The number of fused-ring (bicyclic) bond motifs is 1. The molecule has 0 saturated carbocycles. The normalized spacial score (nSPS) is 13.6. The van der Waals surface area contributed by atoms with Crippen LogP contribution in [0.2, 0.25) is 0 Å². The maximum Gasteiger partial charge on any atom is 0.262 e. The number of carbonyl (C=O) groups excluding carboxylic acids is 1. The fourth-order valence-electron chi connectivity index (χ4n) is 4.48. The number of nitrogens with one attached hydrogen (secondary N) is 3. The van der Waals surface area contributed by atoms with Gasteiger partial charge < -0.3 is 25.6 Å². The number of aliphatic hydroxyl groups is 1. The molecule has 4 N–H and O–H groups in total. The maximum absolute atomic E-state index is 12.8. The molecule has 12 nitrogen and oxygen atoms in total. The molecule has 2 aromatic carbocycles. The number of anilines is 4. The molecule has 0 unspecified atom stereocenters. The highest BCUT2D eigenvalue weighted by Gasteiger charge is 2.18. The topological polar surface area (TPSA) is 163 Å². The van der Waals surface area contributed by atoms with E-state index in [4.69, 9.17) is 5.11 Å². The summed E-state index contributed by atoms with van der Waals surface area (Å²) < 4.78 is 0. The summed E-state index contributed by atoms with van der Waals surface area (Å²) >= 11 is 0. The van der Waals surface area contributed by atoms with Gasteiger partial charge >= 0.3 is 0 Å². The van der Waals surface area contributed by atoms with Gasteiger partial charge in [0.15, 0.2) is 5.65 Å². The number of hydrogen-bond acceptors (Lipinski definition) is 10. The summed E-state index contributed by atoms with van der Waals surface area (Å²) in [5, 5.41) is 24.9. The van der Waals surface area contributed by atoms with Gasteiger partial charge in [0.25, 0.3) is 5.56 Å². The van der Waals surface area contributed by atoms with Gasteiger partial charge in [0.1, 0.15) is 17.3 Å². The Morgan fingerprint density at radius 2 is 2.00 bits per heavy atom. The highest BCUT2D eigenvalue weighted by atomic mass is 16.3. The number of β-amino-alcohol motifs (C(OH)–C–C–N with tert-alkyl or cyclic N) is 1. The van der Waals surface area contributed by atoms with E-state index in [2.05, 4.69) is 53.0 Å². The fraction of sp³-hybridized carbons (Fsp3) is 0.214. The number of aliphatic hydroxyl groups excluding tert-OH is 1. The van der Waals surface area contributed by atoms with Gasteiger partial charge in [0, 0.05) is 55.9 Å². The third-order valence-corrected chi connectivity index (χ3v) is 6.58. The fourth-order valence-corrected chi connectivity index (χ4v) is 4.48. The molecule has 202 valence electrons. The molecule has 0 atom stereocenters. The number of nitriles is 1. The summed E-state index contributed by atoms with van der Waals surface area (Å²) in [6.07, 6.45) is 2.55. The average molecular weight is 538 g/mol. The molecule has 40 heavy (non-hydrogen) atoms. The van der Waals surface area contributed by atoms with E-state index in [1.807, 2.05) is 12.1 Å². The van der Waals surface area contributed by atoms with Gasteiger partial charge in [0.05, 0.1) is 17.9 Å². The van der Waals surface area contributed by atoms with Crippen molar-refractivity contribution in [3.8, 4) is 17.5 Å². The van der Waals surface area contributed by atoms with E-state index in [9.17, 15) is 14.9 Å². The van der Waals surface area contributed by atoms with Crippen molar-refractivity contribution >= 4 is 40.0 Å². The number of hydrogen-bond donors (Lipinski definition) is 4. The molecule has 3 heterocycles. The van der Waals surface area contributed by atoms with E-state index >= 15 is 0 Å². The number of benzene rings is 2. The molecule has 0 aliphatic carbocycles. The average Bonchev–Trinajstić information content (AvgIpc) is 2.98. The van der Waals surface area contributed by atoms with Crippen molar-refractivity contribution in [3.63, 3.8) is 0 Å². The zero-order valence-corrected chi connectivity index (χ0v) is 21.6. The summed E-state index contributed by atoms with van der Waals surface area (Å²) in [7, 11) is 0. The number of nitrogens with zero attached hydrogens (tertiary/aromatic N) is 6. The van der Waals surface area contributed by atoms with Gasteiger partial charge in [0.2, 0.25) is 11.9 Å². The van der Waals surface area contributed by atoms with Gasteiger partial charge in [-0.25, -0.2) is 9.97 Å². The largest absolute Gasteiger partial charge is 0.395 e. The van der Waals surface area contributed by atoms with Crippen LogP contribution in [0.1, 0.15) is 5.56 Å². The number of H-pyrrole nitrogens is 1. The molecule has 5 rings (SSSR count). The number of aromatic amines is 1. The highest BCUT2D eigenvalue weighted by Crippen LogP contribution is 2.26. The Morgan fingerprint density at radius 1 is 1.18 bits per heavy atom. The second-order valence-electron chi connectivity index (χ2n) is 9.14. The molecule has 0 radical (unpaired) electrons. The Hall–Kier alpha value is -5.12. The summed E-state index contributed by atoms with van der Waals surface area (Å²) in [4.78, 5) is 44.8. The number of rotatable bonds is 8. The van der Waals surface area contributed by atoms with Gasteiger partial charge in [-0.1, -0.05) is 18.7 Å². The second kappa shape index (κ2) is 11.7. The van der Waals surface area contributed by atoms with Crippen molar-refractivity contribution < 1.29 is 9.90 Å². The van der Waals surface area contributed by atoms with E-state index in [0.717, 1.165) is 31.9 Å². The number of piperazine rings is 1. The smallest absolute Gasteiger partial charge is 0.262 e. The van der Waals surface area contributed by atoms with Crippen LogP contribution >= 0.6 is 0 Å². The Balaban J connectivity index is 1.39. The van der Waals surface area contributed by atoms with E-state index in [0.29, 0.717) is 29.0 Å². The summed E-state index contributed by atoms with van der Waals surface area (Å²) in [6, 6.07) is 14.7. The molecule has 0 spiro atoms. The first-order chi connectivity index (χ1) is 19.5. The first-order valence-electron chi connectivity index (χ1n) is 12.7. The summed E-state index contributed by atoms with van der Waals surface area (Å²) in [5.41, 5.74) is 2.76. The van der Waals surface area contributed by atoms with E-state index < -0.39 is 5.56 Å². The van der Waals surface area contributed by atoms with Crippen LogP contribution < -0.4 is 21.1 Å². The minimum atomic E-state index is -0.409. The molecule has 1 aliphatic rings. The van der Waals surface area contributed by atoms with Gasteiger partial charge in [-0.2, -0.15) is 10.2 Å². The maximum atomic E-state index is 12.8. The lowest BCUT2D eigenvalue weighted by Gasteiger charge is -2.36. The predicted molar refractivity (Wildman–Crippen MR) is 152 cm³/mol. The third kappa shape index (κ3) is 5.80. The van der Waals surface area contributed by atoms with Crippen molar-refractivity contribution in [1.82, 2.24) is 24.8 Å². The van der Waals surface area contributed by atoms with E-state index in [1.54, 1.807) is 30.3 Å². The lowest BCUT2D eigenvalue weighted by molar-refractivity contribution is -0.111. The van der Waals surface area contributed by atoms with Crippen molar-refractivity contribution in [3.05, 3.63) is 77.2 Å². The molecule has 2 aromatic heterocycles. The molecular weight excluding hydrogens is 510 g/mol. The van der Waals surface area contributed by atoms with Gasteiger partial charge in [-0.3, -0.25) is 14.5 Å². The zero-order valence-electron chi connectivity index (χ0n) is 21.6. The van der Waals surface area contributed by atoms with Crippen LogP contribution in [0, 0.1) is 11.3 Å². The minimum absolute atomic E-state index is 0.143. The monoisotopic (exact) mass is 537 g/mol. The van der Waals surface area contributed by atoms with Crippen molar-refractivity contribution in [2.45, 2.75) is 0 Å². The predicted octanol–water partition coefficient (Wildman–Crippen LogP) is 2.23. The Bertz CT molecular complexity index is 1670. The Kier molecular flexibility index (Phi) is 7.77. The molecule has 1 amide bonds. The van der Waals surface area contributed by atoms with Crippen molar-refractivity contribution in [2.75, 3.05) is 54.9 Å². The quantitative estimate of drug-likeness (QED) is 0.245. The first-order valence-corrected chi connectivity index (χ1v) is 12.7. The SMILES string of the molecule is C=CC(=O)Nc1cccc(-c2nc3nc(Nc4ccc(N5CCN(CCO)CC5)cc4C#N)ncc3c(=O)[nH]2)c1. The van der Waals surface area contributed by atoms with Crippen LogP contribution in [-0.2, 0) is 4.79 Å². The van der Waals surface area contributed by atoms with Crippen LogP contribution in [0.25, 0.3) is 22.4 Å². The van der Waals surface area contributed by atoms with E-state index in [-0.39, 0.29) is 35.3 Å². The Labute approximate surface area is 229 Å². The van der Waals surface area contributed by atoms with Crippen molar-refractivity contribution in [2.24, 2.45) is 0 Å². The molecule has 1 fully saturated rings. The van der Waals surface area contributed by atoms with E-state index in [1.165, 1.54) is 12.3 Å². The Morgan fingerprint density at radius 3 is 2.75 bits per heavy atom. The van der Waals surface area contributed by atoms with Crippen LogP contribution in [0.4, 0.5) is 23.0 Å². The molecule has 0 bridgehead atoms. The van der Waals surface area contributed by atoms with Gasteiger partial charge in [-0.05, 0) is 36.4 Å². The zero-order chi connectivity index (χ0) is 28.1. The summed E-state index contributed by atoms with van der Waals surface area (Å²) in [6.45, 7) is 7.54.